The third kappa shape index (κ3) is 5.74. The molecule has 2 fully saturated rings. The van der Waals surface area contributed by atoms with Crippen LogP contribution in [0.25, 0.3) is 0 Å². The SMILES string of the molecule is C[C@@H]1O[C@H](CCc2ccccc2)C[C@]2(CCC[C@@H]2CCCCCc2ccccc2)O1. The zero-order valence-corrected chi connectivity index (χ0v) is 18.6. The largest absolute Gasteiger partial charge is 0.350 e. The van der Waals surface area contributed by atoms with Gasteiger partial charge in [-0.2, -0.15) is 0 Å². The Balaban J connectivity index is 1.25. The first kappa shape index (κ1) is 21.6. The second kappa shape index (κ2) is 10.6. The van der Waals surface area contributed by atoms with Gasteiger partial charge in [0.1, 0.15) is 0 Å². The molecule has 0 N–H and O–H groups in total. The Kier molecular flexibility index (Phi) is 7.62. The van der Waals surface area contributed by atoms with Crippen molar-refractivity contribution in [3.05, 3.63) is 71.8 Å². The molecular formula is C28H38O2. The molecule has 0 aromatic heterocycles. The van der Waals surface area contributed by atoms with Gasteiger partial charge in [-0.1, -0.05) is 79.9 Å². The monoisotopic (exact) mass is 406 g/mol. The summed E-state index contributed by atoms with van der Waals surface area (Å²) >= 11 is 0. The summed E-state index contributed by atoms with van der Waals surface area (Å²) in [7, 11) is 0. The van der Waals surface area contributed by atoms with Crippen LogP contribution in [0.1, 0.15) is 75.8 Å². The molecule has 1 aliphatic heterocycles. The topological polar surface area (TPSA) is 18.5 Å². The minimum atomic E-state index is -0.0711. The van der Waals surface area contributed by atoms with Gasteiger partial charge in [0.25, 0.3) is 0 Å². The van der Waals surface area contributed by atoms with Gasteiger partial charge in [-0.3, -0.25) is 0 Å². The van der Waals surface area contributed by atoms with Crippen LogP contribution in [-0.2, 0) is 22.3 Å². The molecule has 2 heteroatoms. The predicted molar refractivity (Wildman–Crippen MR) is 123 cm³/mol. The highest BCUT2D eigenvalue weighted by Gasteiger charge is 2.48. The zero-order valence-electron chi connectivity index (χ0n) is 18.6. The molecule has 1 saturated carbocycles. The molecule has 0 radical (unpaired) electrons. The van der Waals surface area contributed by atoms with Crippen molar-refractivity contribution >= 4 is 0 Å². The summed E-state index contributed by atoms with van der Waals surface area (Å²) in [5.41, 5.74) is 2.95. The molecular weight excluding hydrogens is 368 g/mol. The fraction of sp³-hybridized carbons (Fsp3) is 0.571. The van der Waals surface area contributed by atoms with Crippen LogP contribution in [0.15, 0.2) is 60.7 Å². The van der Waals surface area contributed by atoms with Crippen LogP contribution >= 0.6 is 0 Å². The van der Waals surface area contributed by atoms with Crippen LogP contribution in [0, 0.1) is 5.92 Å². The summed E-state index contributed by atoms with van der Waals surface area (Å²) < 4.78 is 12.7. The minimum absolute atomic E-state index is 0.0679. The number of rotatable bonds is 9. The highest BCUT2D eigenvalue weighted by Crippen LogP contribution is 2.48. The lowest BCUT2D eigenvalue weighted by Gasteiger charge is -2.45. The van der Waals surface area contributed by atoms with E-state index in [1.807, 2.05) is 0 Å². The first-order chi connectivity index (χ1) is 14.7. The summed E-state index contributed by atoms with van der Waals surface area (Å²) in [4.78, 5) is 0. The van der Waals surface area contributed by atoms with Gasteiger partial charge in [0.15, 0.2) is 6.29 Å². The van der Waals surface area contributed by atoms with Gasteiger partial charge in [-0.05, 0) is 68.9 Å². The van der Waals surface area contributed by atoms with E-state index in [9.17, 15) is 0 Å². The fourth-order valence-electron chi connectivity index (χ4n) is 5.74. The molecule has 2 aromatic rings. The standard InChI is InChI=1S/C28H38O2/c1-23-29-27(20-19-25-15-7-3-8-16-25)22-28(30-23)21-11-18-26(28)17-10-4-9-14-24-12-5-2-6-13-24/h2-3,5-8,12-13,15-16,23,26-27H,4,9-11,14,17-22H2,1H3/t23-,26+,27-,28+/m1/s1. The Morgan fingerprint density at radius 1 is 0.833 bits per heavy atom. The van der Waals surface area contributed by atoms with E-state index in [0.717, 1.165) is 19.3 Å². The third-order valence-corrected chi connectivity index (χ3v) is 7.21. The number of unbranched alkanes of at least 4 members (excludes halogenated alkanes) is 2. The van der Waals surface area contributed by atoms with E-state index < -0.39 is 0 Å². The molecule has 2 aliphatic rings. The summed E-state index contributed by atoms with van der Waals surface area (Å²) in [6.45, 7) is 2.10. The lowest BCUT2D eigenvalue weighted by molar-refractivity contribution is -0.285. The third-order valence-electron chi connectivity index (χ3n) is 7.21. The van der Waals surface area contributed by atoms with Crippen LogP contribution < -0.4 is 0 Å². The molecule has 4 atom stereocenters. The number of hydrogen-bond acceptors (Lipinski definition) is 2. The van der Waals surface area contributed by atoms with Crippen LogP contribution in [0.3, 0.4) is 0 Å². The van der Waals surface area contributed by atoms with Crippen molar-refractivity contribution in [2.75, 3.05) is 0 Å². The molecule has 4 rings (SSSR count). The summed E-state index contributed by atoms with van der Waals surface area (Å²) in [5, 5.41) is 0. The lowest BCUT2D eigenvalue weighted by Crippen LogP contribution is -2.49. The molecule has 0 bridgehead atoms. The van der Waals surface area contributed by atoms with Crippen molar-refractivity contribution in [3.63, 3.8) is 0 Å². The van der Waals surface area contributed by atoms with Crippen molar-refractivity contribution in [3.8, 4) is 0 Å². The van der Waals surface area contributed by atoms with E-state index >= 15 is 0 Å². The average Bonchev–Trinajstić information content (AvgIpc) is 3.14. The van der Waals surface area contributed by atoms with E-state index in [0.29, 0.717) is 12.0 Å². The van der Waals surface area contributed by atoms with E-state index in [-0.39, 0.29) is 11.9 Å². The lowest BCUT2D eigenvalue weighted by atomic mass is 9.80. The molecule has 0 amide bonds. The minimum Gasteiger partial charge on any atom is -0.350 e. The maximum atomic E-state index is 6.53. The van der Waals surface area contributed by atoms with Crippen molar-refractivity contribution in [1.29, 1.82) is 0 Å². The number of ether oxygens (including phenoxy) is 2. The van der Waals surface area contributed by atoms with Crippen molar-refractivity contribution in [2.24, 2.45) is 5.92 Å². The normalized spacial score (nSPS) is 28.8. The molecule has 1 aliphatic carbocycles. The highest BCUT2D eigenvalue weighted by atomic mass is 16.7. The van der Waals surface area contributed by atoms with E-state index in [1.165, 1.54) is 62.5 Å². The molecule has 162 valence electrons. The first-order valence-electron chi connectivity index (χ1n) is 12.1. The van der Waals surface area contributed by atoms with Gasteiger partial charge in [0.2, 0.25) is 0 Å². The molecule has 0 unspecified atom stereocenters. The predicted octanol–water partition coefficient (Wildman–Crippen LogP) is 7.11. The van der Waals surface area contributed by atoms with Crippen LogP contribution in [0.4, 0.5) is 0 Å². The summed E-state index contributed by atoms with van der Waals surface area (Å²) in [5.74, 6) is 0.708. The van der Waals surface area contributed by atoms with Gasteiger partial charge in [0.05, 0.1) is 11.7 Å². The summed E-state index contributed by atoms with van der Waals surface area (Å²) in [6, 6.07) is 21.7. The number of hydrogen-bond donors (Lipinski definition) is 0. The van der Waals surface area contributed by atoms with E-state index in [1.54, 1.807) is 0 Å². The average molecular weight is 407 g/mol. The molecule has 1 heterocycles. The van der Waals surface area contributed by atoms with Crippen molar-refractivity contribution < 1.29 is 9.47 Å². The van der Waals surface area contributed by atoms with E-state index in [4.69, 9.17) is 9.47 Å². The van der Waals surface area contributed by atoms with Crippen LogP contribution in [0.5, 0.6) is 0 Å². The van der Waals surface area contributed by atoms with Crippen molar-refractivity contribution in [2.45, 2.75) is 95.5 Å². The van der Waals surface area contributed by atoms with Gasteiger partial charge in [-0.25, -0.2) is 0 Å². The Hall–Kier alpha value is -1.64. The molecule has 2 nitrogen and oxygen atoms in total. The second-order valence-corrected chi connectivity index (χ2v) is 9.41. The quantitative estimate of drug-likeness (QED) is 0.413. The van der Waals surface area contributed by atoms with Crippen molar-refractivity contribution in [1.82, 2.24) is 0 Å². The number of benzene rings is 2. The van der Waals surface area contributed by atoms with Gasteiger partial charge < -0.3 is 9.47 Å². The fourth-order valence-corrected chi connectivity index (χ4v) is 5.74. The Morgan fingerprint density at radius 3 is 2.27 bits per heavy atom. The molecule has 1 saturated heterocycles. The molecule has 1 spiro atoms. The van der Waals surface area contributed by atoms with Gasteiger partial charge >= 0.3 is 0 Å². The maximum Gasteiger partial charge on any atom is 0.155 e. The van der Waals surface area contributed by atoms with Crippen LogP contribution in [0.2, 0.25) is 0 Å². The Morgan fingerprint density at radius 2 is 1.53 bits per heavy atom. The summed E-state index contributed by atoms with van der Waals surface area (Å²) in [6.07, 6.45) is 13.9. The van der Waals surface area contributed by atoms with Crippen LogP contribution in [-0.4, -0.2) is 18.0 Å². The molecule has 30 heavy (non-hydrogen) atoms. The van der Waals surface area contributed by atoms with E-state index in [2.05, 4.69) is 67.6 Å². The zero-order chi connectivity index (χ0) is 20.7. The highest BCUT2D eigenvalue weighted by molar-refractivity contribution is 5.15. The van der Waals surface area contributed by atoms with Gasteiger partial charge in [-0.15, -0.1) is 0 Å². The Labute approximate surface area is 183 Å². The smallest absolute Gasteiger partial charge is 0.155 e. The first-order valence-corrected chi connectivity index (χ1v) is 12.1. The van der Waals surface area contributed by atoms with Gasteiger partial charge in [0, 0.05) is 6.42 Å². The Bertz CT molecular complexity index is 744. The second-order valence-electron chi connectivity index (χ2n) is 9.41. The number of aryl methyl sites for hydroxylation is 2. The maximum absolute atomic E-state index is 6.53. The molecule has 2 aromatic carbocycles.